The van der Waals surface area contributed by atoms with Gasteiger partial charge in [0.2, 0.25) is 5.89 Å². The number of hydrogen-bond donors (Lipinski definition) is 4. The van der Waals surface area contributed by atoms with E-state index in [0.29, 0.717) is 63.3 Å². The second-order valence-corrected chi connectivity index (χ2v) is 32.8. The Labute approximate surface area is 758 Å². The molecule has 0 bridgehead atoms. The molecule has 16 aromatic rings. The van der Waals surface area contributed by atoms with E-state index < -0.39 is 0 Å². The van der Waals surface area contributed by atoms with Crippen LogP contribution in [-0.2, 0) is 73.7 Å². The Hall–Kier alpha value is -12.3. The Morgan fingerprint density at radius 2 is 0.434 bits per heavy atom. The number of nitrogens with zero attached hydrogens (tertiary/aromatic N) is 7. The molecule has 15 nitrogen and oxygen atoms in total. The third-order valence-corrected chi connectivity index (χ3v) is 18.7. The summed E-state index contributed by atoms with van der Waals surface area (Å²) in [6.07, 6.45) is 1.60. The molecule has 0 aliphatic rings. The first-order valence-corrected chi connectivity index (χ1v) is 39.6. The fraction of sp³-hybridized carbons (Fsp3) is 0.190. The van der Waals surface area contributed by atoms with Crippen LogP contribution >= 0.6 is 0 Å². The number of aryl methyl sites for hydroxylation is 4. The van der Waals surface area contributed by atoms with Crippen LogP contribution in [0.25, 0.3) is 90.3 Å². The molecule has 0 fully saturated rings. The van der Waals surface area contributed by atoms with Crippen molar-refractivity contribution in [2.45, 2.75) is 132 Å². The van der Waals surface area contributed by atoms with Gasteiger partial charge in [-0.2, -0.15) is 113 Å². The Morgan fingerprint density at radius 3 is 0.582 bits per heavy atom. The van der Waals surface area contributed by atoms with Crippen molar-refractivity contribution in [3.05, 3.63) is 393 Å². The molecule has 0 atom stereocenters. The van der Waals surface area contributed by atoms with Gasteiger partial charge in [-0.3, -0.25) is 0 Å². The van der Waals surface area contributed by atoms with E-state index in [1.807, 2.05) is 298 Å². The van der Waals surface area contributed by atoms with E-state index in [-0.39, 0.29) is 96.7 Å². The smallest absolute Gasteiger partial charge is 0.506 e. The van der Waals surface area contributed by atoms with Gasteiger partial charge >= 0.3 is 26.2 Å². The first-order valence-electron chi connectivity index (χ1n) is 39.6. The molecule has 12 aromatic carbocycles. The molecular formula is C105H109HfN7O8Zr-2. The van der Waals surface area contributed by atoms with Gasteiger partial charge in [-0.05, 0) is 142 Å². The van der Waals surface area contributed by atoms with E-state index in [0.717, 1.165) is 94.7 Å². The summed E-state index contributed by atoms with van der Waals surface area (Å²) in [5.74, 6) is 3.77. The molecule has 4 heterocycles. The summed E-state index contributed by atoms with van der Waals surface area (Å²) in [6.45, 7) is 47.7. The van der Waals surface area contributed by atoms with Gasteiger partial charge in [-0.25, -0.2) is 4.98 Å². The van der Waals surface area contributed by atoms with Crippen LogP contribution in [0.5, 0.6) is 23.0 Å². The van der Waals surface area contributed by atoms with Crippen LogP contribution in [-0.4, -0.2) is 55.8 Å². The van der Waals surface area contributed by atoms with Crippen LogP contribution in [0, 0.1) is 55.4 Å². The molecule has 16 rings (SSSR count). The minimum absolute atomic E-state index is 0. The molecule has 0 amide bonds. The third-order valence-electron chi connectivity index (χ3n) is 18.7. The SMILES string of the molecule is Cc1coc(-c2cc(C(C)(C)C)cc(-c3ccccc3)c2O)n1.Cc1noc(-c2cc(C(C)(C)C)cc(-c3ccccc3)c2O)n1.Cc1noc(-c2cc(C(C)(C)C)cc(-c3ccccc3)c2O)n1.Cc1noc(-c2cc(C(C)(C)C)cc(-c3ccccc3)c2O)n1.[CH2-]c1ccccc1.[CH2-]c1ccccc1.[CH2-]c1ccccc1.[CH2-]c1ccccc1.[Hf].[Zr+2]. The van der Waals surface area contributed by atoms with Crippen LogP contribution in [0.1, 0.15) is 151 Å². The quantitative estimate of drug-likeness (QED) is 0.0820. The van der Waals surface area contributed by atoms with Gasteiger partial charge in [0, 0.05) is 48.1 Å². The van der Waals surface area contributed by atoms with E-state index in [4.69, 9.17) is 18.0 Å². The molecule has 4 N–H and O–H groups in total. The predicted molar refractivity (Wildman–Crippen MR) is 487 cm³/mol. The van der Waals surface area contributed by atoms with E-state index in [1.54, 1.807) is 27.0 Å². The molecule has 17 heteroatoms. The number of phenolic OH excluding ortho intramolecular Hbond substituents is 4. The van der Waals surface area contributed by atoms with Crippen molar-refractivity contribution >= 4 is 0 Å². The summed E-state index contributed by atoms with van der Waals surface area (Å²) in [5.41, 5.74) is 18.5. The van der Waals surface area contributed by atoms with Gasteiger partial charge in [-0.15, -0.1) is 48.5 Å². The van der Waals surface area contributed by atoms with Gasteiger partial charge in [0.1, 0.15) is 29.3 Å². The maximum absolute atomic E-state index is 10.8. The minimum atomic E-state index is -0.0684. The standard InChI is InChI=1S/C20H21NO2.3C19H20N2O2.4C7H7.Hf.Zr/c1-13-12-23-19(21-13)17-11-15(20(2,3)4)10-16(18(17)22)14-8-6-5-7-9-14;3*1-12-20-18(23-21-12)16-11-14(19(2,3)4)10-15(17(16)22)13-8-6-5-7-9-13;4*1-7-5-3-2-4-6-7;;/h5-12,22H,1-4H3;3*5-11,22H,1-4H3;4*2-6H,1H2;;/q;;;;4*-1;;+2. The number of oxazole rings is 1. The molecule has 4 aromatic heterocycles. The summed E-state index contributed by atoms with van der Waals surface area (Å²) in [5, 5.41) is 54.6. The predicted octanol–water partition coefficient (Wildman–Crippen LogP) is 26.9. The maximum Gasteiger partial charge on any atom is 2.00 e. The molecule has 0 unspecified atom stereocenters. The summed E-state index contributed by atoms with van der Waals surface area (Å²) in [4.78, 5) is 17.2. The molecule has 0 saturated heterocycles. The summed E-state index contributed by atoms with van der Waals surface area (Å²) >= 11 is 0. The molecule has 622 valence electrons. The van der Waals surface area contributed by atoms with Crippen LogP contribution in [0.4, 0.5) is 0 Å². The van der Waals surface area contributed by atoms with E-state index >= 15 is 0 Å². The fourth-order valence-electron chi connectivity index (χ4n) is 11.9. The second-order valence-electron chi connectivity index (χ2n) is 32.8. The van der Waals surface area contributed by atoms with Crippen molar-refractivity contribution in [3.8, 4) is 113 Å². The Bertz CT molecular complexity index is 5120. The first-order chi connectivity index (χ1) is 57.0. The van der Waals surface area contributed by atoms with E-state index in [9.17, 15) is 20.4 Å². The van der Waals surface area contributed by atoms with Gasteiger partial charge in [0.25, 0.3) is 17.7 Å². The number of hydrogen-bond acceptors (Lipinski definition) is 15. The van der Waals surface area contributed by atoms with Crippen molar-refractivity contribution in [2.75, 3.05) is 0 Å². The number of aromatic hydroxyl groups is 4. The molecular weight excluding hydrogens is 1760 g/mol. The van der Waals surface area contributed by atoms with Gasteiger partial charge < -0.3 is 38.4 Å². The van der Waals surface area contributed by atoms with Crippen molar-refractivity contribution in [2.24, 2.45) is 0 Å². The van der Waals surface area contributed by atoms with Crippen molar-refractivity contribution in [1.29, 1.82) is 0 Å². The van der Waals surface area contributed by atoms with Crippen molar-refractivity contribution in [3.63, 3.8) is 0 Å². The monoisotopic (exact) mass is 1870 g/mol. The number of aromatic nitrogens is 7. The maximum atomic E-state index is 10.8. The Morgan fingerprint density at radius 1 is 0.254 bits per heavy atom. The van der Waals surface area contributed by atoms with Crippen LogP contribution in [0.3, 0.4) is 0 Å². The normalized spacial score (nSPS) is 10.8. The van der Waals surface area contributed by atoms with E-state index in [1.165, 1.54) is 0 Å². The molecule has 0 spiro atoms. The van der Waals surface area contributed by atoms with Crippen molar-refractivity contribution < 1.29 is 90.5 Å². The molecule has 0 radical (unpaired) electrons. The number of rotatable bonds is 8. The molecule has 0 aliphatic carbocycles. The van der Waals surface area contributed by atoms with Crippen LogP contribution < -0.4 is 0 Å². The topological polar surface area (TPSA) is 224 Å². The van der Waals surface area contributed by atoms with Gasteiger partial charge in [0.05, 0.1) is 27.9 Å². The summed E-state index contributed by atoms with van der Waals surface area (Å²) in [7, 11) is 0. The number of benzene rings is 12. The zero-order chi connectivity index (χ0) is 86.9. The zero-order valence-electron chi connectivity index (χ0n) is 72.7. The van der Waals surface area contributed by atoms with Crippen LogP contribution in [0.2, 0.25) is 0 Å². The summed E-state index contributed by atoms with van der Waals surface area (Å²) < 4.78 is 21.3. The molecule has 122 heavy (non-hydrogen) atoms. The van der Waals surface area contributed by atoms with Crippen molar-refractivity contribution in [1.82, 2.24) is 35.4 Å². The molecule has 0 saturated carbocycles. The van der Waals surface area contributed by atoms with Gasteiger partial charge in [-0.1, -0.05) is 244 Å². The largest absolute Gasteiger partial charge is 2.00 e. The third kappa shape index (κ3) is 28.4. The average molecular weight is 1870 g/mol. The van der Waals surface area contributed by atoms with E-state index in [2.05, 4.69) is 146 Å². The fourth-order valence-corrected chi connectivity index (χ4v) is 11.9. The zero-order valence-corrected chi connectivity index (χ0v) is 78.7. The Kier molecular flexibility index (Phi) is 35.6. The average Bonchev–Trinajstić information content (AvgIpc) is 1.33. The van der Waals surface area contributed by atoms with Crippen LogP contribution in [0.15, 0.2) is 315 Å². The Balaban J connectivity index is 0.000000201. The second kappa shape index (κ2) is 44.8. The minimum Gasteiger partial charge on any atom is -0.506 e. The number of phenols is 4. The summed E-state index contributed by atoms with van der Waals surface area (Å²) in [6, 6.07) is 94.7. The first kappa shape index (κ1) is 96.8. The van der Waals surface area contributed by atoms with Gasteiger partial charge in [0.15, 0.2) is 17.5 Å². The molecule has 0 aliphatic heterocycles.